The zero-order valence-electron chi connectivity index (χ0n) is 18.9. The lowest BCUT2D eigenvalue weighted by Crippen LogP contribution is -1.93. The first kappa shape index (κ1) is 20.8. The summed E-state index contributed by atoms with van der Waals surface area (Å²) < 4.78 is 13.4. The van der Waals surface area contributed by atoms with Gasteiger partial charge in [-0.15, -0.1) is 0 Å². The van der Waals surface area contributed by atoms with Crippen molar-refractivity contribution in [3.8, 4) is 39.4 Å². The van der Waals surface area contributed by atoms with E-state index in [1.54, 1.807) is 12.1 Å². The molecule has 164 valence electrons. The minimum absolute atomic E-state index is 0.276. The van der Waals surface area contributed by atoms with Gasteiger partial charge in [0.05, 0.1) is 11.6 Å². The van der Waals surface area contributed by atoms with E-state index in [9.17, 15) is 9.65 Å². The summed E-state index contributed by atoms with van der Waals surface area (Å²) in [7, 11) is 0. The number of hydrogen-bond acceptors (Lipinski definition) is 1. The molecular formula is C33H20FN. The molecule has 1 nitrogen and oxygen atoms in total. The van der Waals surface area contributed by atoms with Gasteiger partial charge in [-0.05, 0) is 67.6 Å². The predicted octanol–water partition coefficient (Wildman–Crippen LogP) is 9.00. The van der Waals surface area contributed by atoms with Crippen LogP contribution in [0.2, 0.25) is 0 Å². The van der Waals surface area contributed by atoms with E-state index < -0.39 is 0 Å². The van der Waals surface area contributed by atoms with Gasteiger partial charge in [-0.1, -0.05) is 103 Å². The standard InChI is InChI=1S/C33H20FN/c34-26-17-14-22(15-18-26)24-16-19-27(25(20-24)21-35)33-30-12-6-4-10-28(30)32(23-8-2-1-3-9-23)29-11-5-7-13-31(29)33/h1-20H. The molecule has 0 amide bonds. The number of rotatable bonds is 3. The molecule has 0 aromatic heterocycles. The number of nitriles is 1. The van der Waals surface area contributed by atoms with Gasteiger partial charge in [0, 0.05) is 5.56 Å². The molecule has 0 aliphatic rings. The summed E-state index contributed by atoms with van der Waals surface area (Å²) in [5, 5.41) is 14.7. The first-order chi connectivity index (χ1) is 17.2. The van der Waals surface area contributed by atoms with E-state index in [-0.39, 0.29) is 5.82 Å². The second kappa shape index (κ2) is 8.56. The minimum Gasteiger partial charge on any atom is -0.207 e. The first-order valence-electron chi connectivity index (χ1n) is 11.5. The van der Waals surface area contributed by atoms with Crippen molar-refractivity contribution >= 4 is 21.5 Å². The molecule has 0 bridgehead atoms. The molecule has 0 N–H and O–H groups in total. The second-order valence-electron chi connectivity index (χ2n) is 8.59. The van der Waals surface area contributed by atoms with E-state index >= 15 is 0 Å². The summed E-state index contributed by atoms with van der Waals surface area (Å²) in [5.41, 5.74) is 6.67. The Bertz CT molecular complexity index is 1690. The third-order valence-electron chi connectivity index (χ3n) is 6.58. The SMILES string of the molecule is N#Cc1cc(-c2ccc(F)cc2)ccc1-c1c2ccccc2c(-c2ccccc2)c2ccccc12. The molecule has 0 aliphatic heterocycles. The summed E-state index contributed by atoms with van der Waals surface area (Å²) >= 11 is 0. The Balaban J connectivity index is 1.68. The van der Waals surface area contributed by atoms with Crippen molar-refractivity contribution in [1.82, 2.24) is 0 Å². The molecule has 0 fully saturated rings. The maximum atomic E-state index is 13.4. The van der Waals surface area contributed by atoms with E-state index in [4.69, 9.17) is 0 Å². The first-order valence-corrected chi connectivity index (χ1v) is 11.5. The molecule has 35 heavy (non-hydrogen) atoms. The van der Waals surface area contributed by atoms with Gasteiger partial charge in [0.1, 0.15) is 5.82 Å². The fraction of sp³-hybridized carbons (Fsp3) is 0. The molecule has 0 atom stereocenters. The van der Waals surface area contributed by atoms with Crippen molar-refractivity contribution in [2.45, 2.75) is 0 Å². The van der Waals surface area contributed by atoms with Gasteiger partial charge in [-0.3, -0.25) is 0 Å². The van der Waals surface area contributed by atoms with Crippen LogP contribution < -0.4 is 0 Å². The molecule has 2 heteroatoms. The summed E-state index contributed by atoms with van der Waals surface area (Å²) in [6.07, 6.45) is 0. The van der Waals surface area contributed by atoms with Gasteiger partial charge < -0.3 is 0 Å². The Morgan fingerprint density at radius 2 is 1.00 bits per heavy atom. The molecular weight excluding hydrogens is 429 g/mol. The number of hydrogen-bond donors (Lipinski definition) is 0. The van der Waals surface area contributed by atoms with Crippen LogP contribution >= 0.6 is 0 Å². The third-order valence-corrected chi connectivity index (χ3v) is 6.58. The Hall–Kier alpha value is -4.74. The summed E-state index contributed by atoms with van der Waals surface area (Å²) in [6, 6.07) is 42.0. The van der Waals surface area contributed by atoms with Crippen molar-refractivity contribution < 1.29 is 4.39 Å². The second-order valence-corrected chi connectivity index (χ2v) is 8.59. The monoisotopic (exact) mass is 449 g/mol. The van der Waals surface area contributed by atoms with E-state index in [1.165, 1.54) is 23.3 Å². The van der Waals surface area contributed by atoms with Gasteiger partial charge in [0.25, 0.3) is 0 Å². The number of nitrogens with zero attached hydrogens (tertiary/aromatic N) is 1. The molecule has 0 spiro atoms. The molecule has 0 saturated carbocycles. The molecule has 0 saturated heterocycles. The smallest absolute Gasteiger partial charge is 0.123 e. The number of halogens is 1. The molecule has 0 aliphatic carbocycles. The minimum atomic E-state index is -0.276. The fourth-order valence-electron chi connectivity index (χ4n) is 5.01. The topological polar surface area (TPSA) is 23.8 Å². The highest BCUT2D eigenvalue weighted by molar-refractivity contribution is 6.21. The van der Waals surface area contributed by atoms with E-state index in [0.717, 1.165) is 43.8 Å². The lowest BCUT2D eigenvalue weighted by atomic mass is 9.84. The molecule has 0 unspecified atom stereocenters. The summed E-state index contributed by atoms with van der Waals surface area (Å²) in [4.78, 5) is 0. The highest BCUT2D eigenvalue weighted by Crippen LogP contribution is 2.44. The van der Waals surface area contributed by atoms with Crippen LogP contribution in [0.5, 0.6) is 0 Å². The Labute approximate surface area is 203 Å². The van der Waals surface area contributed by atoms with Crippen LogP contribution in [0.15, 0.2) is 121 Å². The van der Waals surface area contributed by atoms with Gasteiger partial charge in [0.2, 0.25) is 0 Å². The van der Waals surface area contributed by atoms with E-state index in [2.05, 4.69) is 66.7 Å². The zero-order chi connectivity index (χ0) is 23.8. The Morgan fingerprint density at radius 1 is 0.486 bits per heavy atom. The molecule has 6 aromatic rings. The Morgan fingerprint density at radius 3 is 1.57 bits per heavy atom. The van der Waals surface area contributed by atoms with Gasteiger partial charge in [-0.25, -0.2) is 4.39 Å². The summed E-state index contributed by atoms with van der Waals surface area (Å²) in [6.45, 7) is 0. The largest absolute Gasteiger partial charge is 0.207 e. The van der Waals surface area contributed by atoms with Crippen molar-refractivity contribution in [3.05, 3.63) is 133 Å². The molecule has 6 aromatic carbocycles. The highest BCUT2D eigenvalue weighted by Gasteiger charge is 2.18. The number of fused-ring (bicyclic) bond motifs is 2. The van der Waals surface area contributed by atoms with Crippen LogP contribution in [0.4, 0.5) is 4.39 Å². The van der Waals surface area contributed by atoms with E-state index in [1.807, 2.05) is 36.4 Å². The van der Waals surface area contributed by atoms with Crippen molar-refractivity contribution in [1.29, 1.82) is 5.26 Å². The maximum absolute atomic E-state index is 13.4. The van der Waals surface area contributed by atoms with Crippen molar-refractivity contribution in [2.75, 3.05) is 0 Å². The molecule has 0 heterocycles. The zero-order valence-corrected chi connectivity index (χ0v) is 18.9. The lowest BCUT2D eigenvalue weighted by molar-refractivity contribution is 0.628. The van der Waals surface area contributed by atoms with Crippen LogP contribution in [0.3, 0.4) is 0 Å². The lowest BCUT2D eigenvalue weighted by Gasteiger charge is -2.18. The van der Waals surface area contributed by atoms with Crippen LogP contribution in [-0.2, 0) is 0 Å². The average molecular weight is 450 g/mol. The van der Waals surface area contributed by atoms with Gasteiger partial charge in [-0.2, -0.15) is 5.26 Å². The summed E-state index contributed by atoms with van der Waals surface area (Å²) in [5.74, 6) is -0.276. The predicted molar refractivity (Wildman–Crippen MR) is 142 cm³/mol. The van der Waals surface area contributed by atoms with Crippen molar-refractivity contribution in [2.24, 2.45) is 0 Å². The van der Waals surface area contributed by atoms with E-state index in [0.29, 0.717) is 5.56 Å². The van der Waals surface area contributed by atoms with Gasteiger partial charge in [0.15, 0.2) is 0 Å². The molecule has 0 radical (unpaired) electrons. The quantitative estimate of drug-likeness (QED) is 0.247. The van der Waals surface area contributed by atoms with Gasteiger partial charge >= 0.3 is 0 Å². The molecule has 6 rings (SSSR count). The fourth-order valence-corrected chi connectivity index (χ4v) is 5.01. The van der Waals surface area contributed by atoms with Crippen molar-refractivity contribution in [3.63, 3.8) is 0 Å². The van der Waals surface area contributed by atoms with Crippen LogP contribution in [0.1, 0.15) is 5.56 Å². The normalized spacial score (nSPS) is 11.0. The van der Waals surface area contributed by atoms with Crippen LogP contribution in [0, 0.1) is 17.1 Å². The van der Waals surface area contributed by atoms with Crippen LogP contribution in [0.25, 0.3) is 54.9 Å². The maximum Gasteiger partial charge on any atom is 0.123 e. The van der Waals surface area contributed by atoms with Crippen LogP contribution in [-0.4, -0.2) is 0 Å². The highest BCUT2D eigenvalue weighted by atomic mass is 19.1. The third kappa shape index (κ3) is 3.55. The number of benzene rings is 6. The Kier molecular flexibility index (Phi) is 5.09. The average Bonchev–Trinajstić information content (AvgIpc) is 2.92.